The molecule has 5 atom stereocenters. The Kier molecular flexibility index (Phi) is 5.30. The maximum atomic E-state index is 3.57. The van der Waals surface area contributed by atoms with E-state index in [1.165, 1.54) is 19.3 Å². The zero-order valence-electron chi connectivity index (χ0n) is 12.1. The van der Waals surface area contributed by atoms with E-state index in [-0.39, 0.29) is 0 Å². The molecular formula is C15H31N. The van der Waals surface area contributed by atoms with Crippen molar-refractivity contribution < 1.29 is 0 Å². The van der Waals surface area contributed by atoms with Gasteiger partial charge < -0.3 is 5.32 Å². The first-order chi connectivity index (χ1) is 7.51. The molecule has 1 heteroatoms. The van der Waals surface area contributed by atoms with Crippen molar-refractivity contribution in [3.63, 3.8) is 0 Å². The molecule has 0 radical (unpaired) electrons. The van der Waals surface area contributed by atoms with Crippen molar-refractivity contribution in [3.05, 3.63) is 0 Å². The van der Waals surface area contributed by atoms with Crippen molar-refractivity contribution >= 4 is 0 Å². The average Bonchev–Trinajstić information content (AvgIpc) is 2.23. The van der Waals surface area contributed by atoms with Crippen LogP contribution in [0.2, 0.25) is 0 Å². The summed E-state index contributed by atoms with van der Waals surface area (Å²) in [4.78, 5) is 0. The van der Waals surface area contributed by atoms with E-state index in [0.29, 0.717) is 0 Å². The first-order valence-electron chi connectivity index (χ1n) is 7.18. The van der Waals surface area contributed by atoms with Gasteiger partial charge in [0, 0.05) is 6.04 Å². The van der Waals surface area contributed by atoms with Gasteiger partial charge in [-0.1, -0.05) is 41.0 Å². The van der Waals surface area contributed by atoms with Crippen LogP contribution in [0.4, 0.5) is 0 Å². The van der Waals surface area contributed by atoms with Gasteiger partial charge in [0.05, 0.1) is 0 Å². The lowest BCUT2D eigenvalue weighted by atomic mass is 9.65. The molecule has 16 heavy (non-hydrogen) atoms. The predicted molar refractivity (Wildman–Crippen MR) is 72.5 cm³/mol. The van der Waals surface area contributed by atoms with Crippen LogP contribution in [0.3, 0.4) is 0 Å². The van der Waals surface area contributed by atoms with E-state index in [1.54, 1.807) is 0 Å². The van der Waals surface area contributed by atoms with Crippen LogP contribution in [0.5, 0.6) is 0 Å². The Balaban J connectivity index is 2.74. The van der Waals surface area contributed by atoms with E-state index in [9.17, 15) is 0 Å². The van der Waals surface area contributed by atoms with Crippen molar-refractivity contribution in [3.8, 4) is 0 Å². The van der Waals surface area contributed by atoms with Gasteiger partial charge in [-0.05, 0) is 49.5 Å². The molecule has 0 aromatic rings. The van der Waals surface area contributed by atoms with Gasteiger partial charge in [-0.3, -0.25) is 0 Å². The van der Waals surface area contributed by atoms with Crippen molar-refractivity contribution in [1.29, 1.82) is 0 Å². The fourth-order valence-corrected chi connectivity index (χ4v) is 3.71. The Morgan fingerprint density at radius 1 is 1.12 bits per heavy atom. The van der Waals surface area contributed by atoms with Crippen molar-refractivity contribution in [1.82, 2.24) is 5.32 Å². The number of rotatable bonds is 4. The SMILES string of the molecule is CCC(C(C)C)C1CC(C)C(C)CC1NC. The first-order valence-corrected chi connectivity index (χ1v) is 7.18. The molecule has 0 heterocycles. The average molecular weight is 225 g/mol. The van der Waals surface area contributed by atoms with Crippen molar-refractivity contribution in [2.45, 2.75) is 59.9 Å². The summed E-state index contributed by atoms with van der Waals surface area (Å²) in [5.41, 5.74) is 0. The topological polar surface area (TPSA) is 12.0 Å². The molecule has 0 aliphatic heterocycles. The minimum atomic E-state index is 0.749. The van der Waals surface area contributed by atoms with Crippen LogP contribution >= 0.6 is 0 Å². The Morgan fingerprint density at radius 3 is 2.12 bits per heavy atom. The molecule has 0 bridgehead atoms. The molecule has 1 aliphatic rings. The monoisotopic (exact) mass is 225 g/mol. The smallest absolute Gasteiger partial charge is 0.00978 e. The zero-order valence-corrected chi connectivity index (χ0v) is 12.1. The predicted octanol–water partition coefficient (Wildman–Crippen LogP) is 3.94. The fraction of sp³-hybridized carbons (Fsp3) is 1.00. The summed E-state index contributed by atoms with van der Waals surface area (Å²) >= 11 is 0. The maximum Gasteiger partial charge on any atom is 0.00978 e. The number of nitrogens with one attached hydrogen (secondary N) is 1. The van der Waals surface area contributed by atoms with Gasteiger partial charge in [0.25, 0.3) is 0 Å². The molecule has 1 nitrogen and oxygen atoms in total. The molecule has 1 fully saturated rings. The quantitative estimate of drug-likeness (QED) is 0.764. The summed E-state index contributed by atoms with van der Waals surface area (Å²) in [6.45, 7) is 12.0. The van der Waals surface area contributed by atoms with Gasteiger partial charge in [-0.25, -0.2) is 0 Å². The summed E-state index contributed by atoms with van der Waals surface area (Å²) in [6.07, 6.45) is 4.12. The molecular weight excluding hydrogens is 194 g/mol. The standard InChI is InChI=1S/C15H31N/c1-7-13(10(2)3)14-8-11(4)12(5)9-15(14)16-6/h10-16H,7-9H2,1-6H3. The van der Waals surface area contributed by atoms with Crippen LogP contribution in [-0.2, 0) is 0 Å². The number of hydrogen-bond acceptors (Lipinski definition) is 1. The van der Waals surface area contributed by atoms with E-state index >= 15 is 0 Å². The van der Waals surface area contributed by atoms with Crippen LogP contribution in [-0.4, -0.2) is 13.1 Å². The summed E-state index contributed by atoms with van der Waals surface area (Å²) in [5.74, 6) is 4.40. The second-order valence-electron chi connectivity index (χ2n) is 6.30. The molecule has 1 rings (SSSR count). The highest BCUT2D eigenvalue weighted by Crippen LogP contribution is 2.40. The van der Waals surface area contributed by atoms with Gasteiger partial charge >= 0.3 is 0 Å². The van der Waals surface area contributed by atoms with Crippen LogP contribution in [0.15, 0.2) is 0 Å². The van der Waals surface area contributed by atoms with Gasteiger partial charge in [-0.15, -0.1) is 0 Å². The van der Waals surface area contributed by atoms with Gasteiger partial charge in [0.2, 0.25) is 0 Å². The van der Waals surface area contributed by atoms with Gasteiger partial charge in [0.15, 0.2) is 0 Å². The lowest BCUT2D eigenvalue weighted by Gasteiger charge is -2.44. The Hall–Kier alpha value is -0.0400. The molecule has 1 aliphatic carbocycles. The summed E-state index contributed by atoms with van der Waals surface area (Å²) in [5, 5.41) is 3.57. The van der Waals surface area contributed by atoms with Crippen LogP contribution in [0, 0.1) is 29.6 Å². The molecule has 0 aromatic carbocycles. The largest absolute Gasteiger partial charge is 0.317 e. The third-order valence-corrected chi connectivity index (χ3v) is 5.01. The Morgan fingerprint density at radius 2 is 1.69 bits per heavy atom. The maximum absolute atomic E-state index is 3.57. The molecule has 0 amide bonds. The van der Waals surface area contributed by atoms with Crippen molar-refractivity contribution in [2.75, 3.05) is 7.05 Å². The molecule has 1 N–H and O–H groups in total. The van der Waals surface area contributed by atoms with Crippen LogP contribution in [0.1, 0.15) is 53.9 Å². The highest BCUT2D eigenvalue weighted by molar-refractivity contribution is 4.90. The zero-order chi connectivity index (χ0) is 12.3. The van der Waals surface area contributed by atoms with E-state index in [0.717, 1.165) is 35.6 Å². The van der Waals surface area contributed by atoms with Crippen LogP contribution in [0.25, 0.3) is 0 Å². The highest BCUT2D eigenvalue weighted by atomic mass is 14.9. The third kappa shape index (κ3) is 3.00. The Bertz CT molecular complexity index is 200. The molecule has 0 spiro atoms. The normalized spacial score (nSPS) is 37.7. The van der Waals surface area contributed by atoms with E-state index in [1.807, 2.05) is 0 Å². The van der Waals surface area contributed by atoms with Crippen molar-refractivity contribution in [2.24, 2.45) is 29.6 Å². The van der Waals surface area contributed by atoms with E-state index in [4.69, 9.17) is 0 Å². The molecule has 0 saturated heterocycles. The lowest BCUT2D eigenvalue weighted by Crippen LogP contribution is -2.45. The second kappa shape index (κ2) is 6.05. The van der Waals surface area contributed by atoms with E-state index < -0.39 is 0 Å². The molecule has 0 aromatic heterocycles. The lowest BCUT2D eigenvalue weighted by molar-refractivity contribution is 0.0895. The fourth-order valence-electron chi connectivity index (χ4n) is 3.71. The van der Waals surface area contributed by atoms with E-state index in [2.05, 4.69) is 47.0 Å². The summed E-state index contributed by atoms with van der Waals surface area (Å²) < 4.78 is 0. The highest BCUT2D eigenvalue weighted by Gasteiger charge is 2.36. The molecule has 96 valence electrons. The molecule has 1 saturated carbocycles. The minimum Gasteiger partial charge on any atom is -0.317 e. The van der Waals surface area contributed by atoms with Crippen LogP contribution < -0.4 is 5.32 Å². The van der Waals surface area contributed by atoms with Gasteiger partial charge in [0.1, 0.15) is 0 Å². The van der Waals surface area contributed by atoms with Gasteiger partial charge in [-0.2, -0.15) is 0 Å². The third-order valence-electron chi connectivity index (χ3n) is 5.01. The number of hydrogen-bond donors (Lipinski definition) is 1. The minimum absolute atomic E-state index is 0.749. The molecule has 5 unspecified atom stereocenters. The Labute approximate surface area is 102 Å². The summed E-state index contributed by atoms with van der Waals surface area (Å²) in [7, 11) is 2.15. The second-order valence-corrected chi connectivity index (χ2v) is 6.30. The summed E-state index contributed by atoms with van der Waals surface area (Å²) in [6, 6.07) is 0.749. The first kappa shape index (κ1) is 14.0.